The predicted octanol–water partition coefficient (Wildman–Crippen LogP) is 1.46. The quantitative estimate of drug-likeness (QED) is 0.658. The monoisotopic (exact) mass is 393 g/mol. The van der Waals surface area contributed by atoms with Gasteiger partial charge >= 0.3 is 0 Å². The van der Waals surface area contributed by atoms with Gasteiger partial charge in [-0.2, -0.15) is 0 Å². The number of hydrogen-bond acceptors (Lipinski definition) is 6. The number of aliphatic hydroxyl groups is 2. The van der Waals surface area contributed by atoms with Crippen molar-refractivity contribution in [1.29, 1.82) is 0 Å². The number of benzene rings is 1. The minimum absolute atomic E-state index is 0.0812. The van der Waals surface area contributed by atoms with Crippen molar-refractivity contribution in [2.45, 2.75) is 38.0 Å². The van der Waals surface area contributed by atoms with E-state index in [0.29, 0.717) is 30.3 Å². The number of amides is 1. The van der Waals surface area contributed by atoms with Crippen LogP contribution >= 0.6 is 11.6 Å². The molecular formula is C19H24ClN3O4. The van der Waals surface area contributed by atoms with Gasteiger partial charge in [0.05, 0.1) is 30.9 Å². The molecule has 1 unspecified atom stereocenters. The topological polar surface area (TPSA) is 98.8 Å². The Bertz CT molecular complexity index is 765. The zero-order chi connectivity index (χ0) is 19.4. The maximum Gasteiger partial charge on any atom is 0.230 e. The number of hydrogen-bond donors (Lipinski definition) is 3. The van der Waals surface area contributed by atoms with Crippen LogP contribution in [-0.4, -0.2) is 58.0 Å². The Labute approximate surface area is 162 Å². The summed E-state index contributed by atoms with van der Waals surface area (Å²) in [5.74, 6) is 0.404. The molecule has 1 amide bonds. The van der Waals surface area contributed by atoms with Crippen LogP contribution in [-0.2, 0) is 11.2 Å². The average Bonchev–Trinajstić information content (AvgIpc) is 3.22. The molecule has 3 atom stereocenters. The highest BCUT2D eigenvalue weighted by atomic mass is 35.5. The van der Waals surface area contributed by atoms with Crippen LogP contribution in [0.1, 0.15) is 29.5 Å². The molecule has 0 spiro atoms. The first kappa shape index (κ1) is 19.8. The van der Waals surface area contributed by atoms with Crippen LogP contribution < -0.4 is 5.32 Å². The lowest BCUT2D eigenvalue weighted by atomic mass is 10.1. The Morgan fingerprint density at radius 3 is 2.81 bits per heavy atom. The molecule has 0 radical (unpaired) electrons. The maximum absolute atomic E-state index is 12.6. The lowest BCUT2D eigenvalue weighted by molar-refractivity contribution is -0.131. The first-order chi connectivity index (χ1) is 13.0. The van der Waals surface area contributed by atoms with Crippen LogP contribution in [0.25, 0.3) is 0 Å². The minimum atomic E-state index is -0.555. The fraction of sp³-hybridized carbons (Fsp3) is 0.474. The summed E-state index contributed by atoms with van der Waals surface area (Å²) >= 11 is 5.91. The lowest BCUT2D eigenvalue weighted by Crippen LogP contribution is -2.43. The summed E-state index contributed by atoms with van der Waals surface area (Å²) in [6, 6.07) is 8.57. The molecule has 3 N–H and O–H groups in total. The van der Waals surface area contributed by atoms with Crippen LogP contribution in [0.2, 0.25) is 5.02 Å². The molecule has 0 saturated carbocycles. The van der Waals surface area contributed by atoms with Crippen molar-refractivity contribution in [3.63, 3.8) is 0 Å². The van der Waals surface area contributed by atoms with Crippen molar-refractivity contribution in [2.75, 3.05) is 19.7 Å². The Kier molecular flexibility index (Phi) is 6.49. The summed E-state index contributed by atoms with van der Waals surface area (Å²) in [5.41, 5.74) is 1.64. The van der Waals surface area contributed by atoms with Gasteiger partial charge in [0.2, 0.25) is 5.91 Å². The van der Waals surface area contributed by atoms with Crippen LogP contribution in [0, 0.1) is 6.92 Å². The number of nitrogens with zero attached hydrogens (tertiary/aromatic N) is 2. The predicted molar refractivity (Wildman–Crippen MR) is 100 cm³/mol. The number of halogens is 1. The third kappa shape index (κ3) is 5.07. The van der Waals surface area contributed by atoms with E-state index in [4.69, 9.17) is 16.1 Å². The number of aromatic nitrogens is 1. The van der Waals surface area contributed by atoms with E-state index < -0.39 is 6.10 Å². The average molecular weight is 394 g/mol. The molecule has 1 aromatic heterocycles. The van der Waals surface area contributed by atoms with Crippen molar-refractivity contribution in [1.82, 2.24) is 15.4 Å². The summed E-state index contributed by atoms with van der Waals surface area (Å²) < 4.78 is 5.12. The normalized spacial score (nSPS) is 20.8. The van der Waals surface area contributed by atoms with Crippen LogP contribution in [0.4, 0.5) is 0 Å². The largest absolute Gasteiger partial charge is 0.394 e. The molecule has 1 aliphatic rings. The highest BCUT2D eigenvalue weighted by Crippen LogP contribution is 2.21. The fourth-order valence-corrected chi connectivity index (χ4v) is 3.53. The molecule has 1 saturated heterocycles. The van der Waals surface area contributed by atoms with Crippen molar-refractivity contribution >= 4 is 17.5 Å². The number of rotatable bonds is 7. The molecular weight excluding hydrogens is 370 g/mol. The third-order valence-corrected chi connectivity index (χ3v) is 5.02. The molecule has 0 aliphatic carbocycles. The van der Waals surface area contributed by atoms with Crippen molar-refractivity contribution < 1.29 is 19.5 Å². The molecule has 146 valence electrons. The summed E-state index contributed by atoms with van der Waals surface area (Å²) in [7, 11) is 0. The molecule has 1 fully saturated rings. The second kappa shape index (κ2) is 8.84. The molecule has 1 aromatic carbocycles. The zero-order valence-corrected chi connectivity index (χ0v) is 15.9. The van der Waals surface area contributed by atoms with E-state index >= 15 is 0 Å². The second-order valence-corrected chi connectivity index (χ2v) is 7.33. The highest BCUT2D eigenvalue weighted by molar-refractivity contribution is 6.30. The van der Waals surface area contributed by atoms with E-state index in [1.54, 1.807) is 30.0 Å². The summed E-state index contributed by atoms with van der Waals surface area (Å²) in [6.45, 7) is 2.48. The van der Waals surface area contributed by atoms with E-state index in [0.717, 1.165) is 11.3 Å². The van der Waals surface area contributed by atoms with E-state index in [1.165, 1.54) is 0 Å². The lowest BCUT2D eigenvalue weighted by Gasteiger charge is -2.26. The van der Waals surface area contributed by atoms with E-state index in [2.05, 4.69) is 10.5 Å². The van der Waals surface area contributed by atoms with Gasteiger partial charge in [-0.3, -0.25) is 4.79 Å². The Hall–Kier alpha value is -1.93. The van der Waals surface area contributed by atoms with Crippen LogP contribution in [0.5, 0.6) is 0 Å². The smallest absolute Gasteiger partial charge is 0.230 e. The number of likely N-dealkylation sites (tertiary alicyclic amines) is 1. The van der Waals surface area contributed by atoms with Crippen LogP contribution in [0.15, 0.2) is 34.9 Å². The molecule has 2 heterocycles. The van der Waals surface area contributed by atoms with Crippen molar-refractivity contribution in [3.8, 4) is 0 Å². The summed E-state index contributed by atoms with van der Waals surface area (Å²) in [4.78, 5) is 14.3. The molecule has 27 heavy (non-hydrogen) atoms. The number of carbonyl (C=O) groups excluding carboxylic acids is 1. The van der Waals surface area contributed by atoms with Gasteiger partial charge in [0.1, 0.15) is 5.76 Å². The number of aliphatic hydroxyl groups excluding tert-OH is 2. The first-order valence-electron chi connectivity index (χ1n) is 8.95. The standard InChI is InChI=1S/C19H24ClN3O4/c1-12-6-17(27-22-12)8-19(26)23-10-16(25)7-15(23)9-21-18(11-24)13-2-4-14(20)5-3-13/h2-6,15-16,18,21,24-25H,7-11H2,1H3/t15-,16+,18?/m0/s1. The second-order valence-electron chi connectivity index (χ2n) is 6.90. The van der Waals surface area contributed by atoms with Gasteiger partial charge in [-0.05, 0) is 31.0 Å². The van der Waals surface area contributed by atoms with E-state index in [9.17, 15) is 15.0 Å². The minimum Gasteiger partial charge on any atom is -0.394 e. The Morgan fingerprint density at radius 2 is 2.19 bits per heavy atom. The van der Waals surface area contributed by atoms with Gasteiger partial charge in [0.15, 0.2) is 0 Å². The molecule has 8 heteroatoms. The van der Waals surface area contributed by atoms with Gasteiger partial charge in [0.25, 0.3) is 0 Å². The molecule has 0 bridgehead atoms. The SMILES string of the molecule is Cc1cc(CC(=O)N2C[C@H](O)C[C@H]2CNC(CO)c2ccc(Cl)cc2)on1. The van der Waals surface area contributed by atoms with Gasteiger partial charge in [-0.15, -0.1) is 0 Å². The number of carbonyl (C=O) groups is 1. The first-order valence-corrected chi connectivity index (χ1v) is 9.33. The molecule has 7 nitrogen and oxygen atoms in total. The molecule has 3 rings (SSSR count). The summed E-state index contributed by atoms with van der Waals surface area (Å²) in [5, 5.41) is 27.5. The highest BCUT2D eigenvalue weighted by Gasteiger charge is 2.34. The van der Waals surface area contributed by atoms with Crippen LogP contribution in [0.3, 0.4) is 0 Å². The van der Waals surface area contributed by atoms with Crippen molar-refractivity contribution in [2.24, 2.45) is 0 Å². The number of β-amino-alcohol motifs (C(OH)–C–C–N with tert-alkyl or cyclic N) is 1. The maximum atomic E-state index is 12.6. The van der Waals surface area contributed by atoms with Gasteiger partial charge < -0.3 is 25.0 Å². The third-order valence-electron chi connectivity index (χ3n) is 4.77. The molecule has 2 aromatic rings. The van der Waals surface area contributed by atoms with Gasteiger partial charge in [0, 0.05) is 30.2 Å². The summed E-state index contributed by atoms with van der Waals surface area (Å²) in [6.07, 6.45) is 0.0535. The number of nitrogens with one attached hydrogen (secondary N) is 1. The van der Waals surface area contributed by atoms with E-state index in [-0.39, 0.29) is 31.0 Å². The Balaban J connectivity index is 1.61. The van der Waals surface area contributed by atoms with Crippen molar-refractivity contribution in [3.05, 3.63) is 52.4 Å². The molecule has 1 aliphatic heterocycles. The fourth-order valence-electron chi connectivity index (χ4n) is 3.40. The zero-order valence-electron chi connectivity index (χ0n) is 15.1. The van der Waals surface area contributed by atoms with Gasteiger partial charge in [-0.25, -0.2) is 0 Å². The number of aryl methyl sites for hydroxylation is 1. The van der Waals surface area contributed by atoms with Gasteiger partial charge in [-0.1, -0.05) is 28.9 Å². The van der Waals surface area contributed by atoms with E-state index in [1.807, 2.05) is 12.1 Å². The Morgan fingerprint density at radius 1 is 1.44 bits per heavy atom.